The minimum Gasteiger partial charge on any atom is -0.322 e. The van der Waals surface area contributed by atoms with Crippen molar-refractivity contribution in [1.29, 1.82) is 0 Å². The number of carbonyl (C=O) groups is 2. The number of anilines is 2. The summed E-state index contributed by atoms with van der Waals surface area (Å²) in [6, 6.07) is 10.1. The SMILES string of the molecule is Cc1ncc(NC(=O)c2cccc(NC(=O)c3cccc(C(F)(F)F)c3)c2)cn1. The molecular formula is C20H15F3N4O2. The maximum Gasteiger partial charge on any atom is 0.416 e. The molecule has 148 valence electrons. The number of aryl methyl sites for hydroxylation is 1. The molecule has 0 saturated carbocycles. The van der Waals surface area contributed by atoms with Crippen molar-refractivity contribution in [2.24, 2.45) is 0 Å². The Bertz CT molecular complexity index is 1050. The molecule has 0 aliphatic heterocycles. The number of hydrogen-bond donors (Lipinski definition) is 2. The molecule has 0 bridgehead atoms. The van der Waals surface area contributed by atoms with Gasteiger partial charge in [0.2, 0.25) is 0 Å². The predicted octanol–water partition coefficient (Wildman–Crippen LogP) is 4.31. The summed E-state index contributed by atoms with van der Waals surface area (Å²) < 4.78 is 38.4. The van der Waals surface area contributed by atoms with E-state index in [0.717, 1.165) is 18.2 Å². The topological polar surface area (TPSA) is 84.0 Å². The van der Waals surface area contributed by atoms with Crippen molar-refractivity contribution in [3.05, 3.63) is 83.4 Å². The van der Waals surface area contributed by atoms with Crippen LogP contribution in [0.4, 0.5) is 24.5 Å². The van der Waals surface area contributed by atoms with Gasteiger partial charge in [0.25, 0.3) is 11.8 Å². The molecule has 0 aliphatic carbocycles. The van der Waals surface area contributed by atoms with Crippen LogP contribution >= 0.6 is 0 Å². The van der Waals surface area contributed by atoms with Gasteiger partial charge in [0.05, 0.1) is 23.6 Å². The molecule has 9 heteroatoms. The van der Waals surface area contributed by atoms with Gasteiger partial charge in [-0.25, -0.2) is 9.97 Å². The van der Waals surface area contributed by atoms with Gasteiger partial charge in [-0.15, -0.1) is 0 Å². The van der Waals surface area contributed by atoms with Crippen molar-refractivity contribution in [1.82, 2.24) is 9.97 Å². The van der Waals surface area contributed by atoms with E-state index in [1.807, 2.05) is 0 Å². The van der Waals surface area contributed by atoms with Gasteiger partial charge in [-0.1, -0.05) is 12.1 Å². The number of carbonyl (C=O) groups excluding carboxylic acids is 2. The van der Waals surface area contributed by atoms with Crippen LogP contribution in [0.15, 0.2) is 60.9 Å². The first-order chi connectivity index (χ1) is 13.7. The zero-order valence-corrected chi connectivity index (χ0v) is 15.1. The first kappa shape index (κ1) is 20.0. The van der Waals surface area contributed by atoms with Crippen molar-refractivity contribution >= 4 is 23.2 Å². The molecule has 0 spiro atoms. The first-order valence-electron chi connectivity index (χ1n) is 8.41. The van der Waals surface area contributed by atoms with Crippen LogP contribution in [0.5, 0.6) is 0 Å². The lowest BCUT2D eigenvalue weighted by Crippen LogP contribution is -2.15. The lowest BCUT2D eigenvalue weighted by Gasteiger charge is -2.10. The van der Waals surface area contributed by atoms with Crippen LogP contribution in [0.3, 0.4) is 0 Å². The molecule has 29 heavy (non-hydrogen) atoms. The Kier molecular flexibility index (Phi) is 5.58. The molecule has 1 aromatic heterocycles. The summed E-state index contributed by atoms with van der Waals surface area (Å²) >= 11 is 0. The number of halogens is 3. The van der Waals surface area contributed by atoms with Gasteiger partial charge in [0, 0.05) is 16.8 Å². The second kappa shape index (κ2) is 8.09. The Hall–Kier alpha value is -3.75. The number of alkyl halides is 3. The average molecular weight is 400 g/mol. The predicted molar refractivity (Wildman–Crippen MR) is 101 cm³/mol. The fourth-order valence-electron chi connectivity index (χ4n) is 2.44. The minimum absolute atomic E-state index is 0.147. The van der Waals surface area contributed by atoms with Crippen molar-refractivity contribution < 1.29 is 22.8 Å². The van der Waals surface area contributed by atoms with Crippen molar-refractivity contribution in [2.45, 2.75) is 13.1 Å². The molecule has 0 saturated heterocycles. The van der Waals surface area contributed by atoms with E-state index in [0.29, 0.717) is 11.5 Å². The van der Waals surface area contributed by atoms with E-state index >= 15 is 0 Å². The third kappa shape index (κ3) is 5.16. The average Bonchev–Trinajstić information content (AvgIpc) is 2.69. The fraction of sp³-hybridized carbons (Fsp3) is 0.100. The number of hydrogen-bond acceptors (Lipinski definition) is 4. The van der Waals surface area contributed by atoms with E-state index in [-0.39, 0.29) is 16.8 Å². The largest absolute Gasteiger partial charge is 0.416 e. The van der Waals surface area contributed by atoms with Gasteiger partial charge < -0.3 is 10.6 Å². The molecule has 0 atom stereocenters. The van der Waals surface area contributed by atoms with Crippen LogP contribution in [-0.4, -0.2) is 21.8 Å². The van der Waals surface area contributed by atoms with Crippen molar-refractivity contribution in [3.63, 3.8) is 0 Å². The van der Waals surface area contributed by atoms with Crippen LogP contribution in [0.25, 0.3) is 0 Å². The summed E-state index contributed by atoms with van der Waals surface area (Å²) in [6.45, 7) is 1.71. The lowest BCUT2D eigenvalue weighted by molar-refractivity contribution is -0.137. The van der Waals surface area contributed by atoms with Crippen LogP contribution in [0.1, 0.15) is 32.1 Å². The highest BCUT2D eigenvalue weighted by Gasteiger charge is 2.30. The first-order valence-corrected chi connectivity index (χ1v) is 8.41. The molecule has 0 fully saturated rings. The van der Waals surface area contributed by atoms with Gasteiger partial charge in [0.15, 0.2) is 0 Å². The van der Waals surface area contributed by atoms with Crippen LogP contribution < -0.4 is 10.6 Å². The molecule has 3 aromatic rings. The Morgan fingerprint density at radius 2 is 1.38 bits per heavy atom. The van der Waals surface area contributed by atoms with Gasteiger partial charge in [-0.2, -0.15) is 13.2 Å². The maximum atomic E-state index is 12.8. The third-order valence-corrected chi connectivity index (χ3v) is 3.87. The normalized spacial score (nSPS) is 11.0. The molecule has 2 amide bonds. The van der Waals surface area contributed by atoms with Crippen LogP contribution in [0.2, 0.25) is 0 Å². The van der Waals surface area contributed by atoms with Gasteiger partial charge >= 0.3 is 6.18 Å². The minimum atomic E-state index is -4.55. The molecule has 0 unspecified atom stereocenters. The maximum absolute atomic E-state index is 12.8. The fourth-order valence-corrected chi connectivity index (χ4v) is 2.44. The lowest BCUT2D eigenvalue weighted by atomic mass is 10.1. The van der Waals surface area contributed by atoms with Gasteiger partial charge in [0.1, 0.15) is 5.82 Å². The summed E-state index contributed by atoms with van der Waals surface area (Å²) in [5.41, 5.74) is -0.156. The molecule has 2 N–H and O–H groups in total. The number of amides is 2. The summed E-state index contributed by atoms with van der Waals surface area (Å²) in [7, 11) is 0. The summed E-state index contributed by atoms with van der Waals surface area (Å²) in [4.78, 5) is 32.6. The summed E-state index contributed by atoms with van der Waals surface area (Å²) in [6.07, 6.45) is -1.63. The smallest absolute Gasteiger partial charge is 0.322 e. The number of rotatable bonds is 4. The van der Waals surface area contributed by atoms with Gasteiger partial charge in [-0.3, -0.25) is 9.59 Å². The highest BCUT2D eigenvalue weighted by Crippen LogP contribution is 2.29. The Balaban J connectivity index is 1.73. The Morgan fingerprint density at radius 1 is 0.828 bits per heavy atom. The molecule has 0 aliphatic rings. The van der Waals surface area contributed by atoms with Gasteiger partial charge in [-0.05, 0) is 43.3 Å². The quantitative estimate of drug-likeness (QED) is 0.684. The van der Waals surface area contributed by atoms with E-state index in [4.69, 9.17) is 0 Å². The number of aromatic nitrogens is 2. The van der Waals surface area contributed by atoms with E-state index < -0.39 is 23.6 Å². The Labute approximate surface area is 163 Å². The molecule has 0 radical (unpaired) electrons. The zero-order chi connectivity index (χ0) is 21.0. The van der Waals surface area contributed by atoms with E-state index in [1.54, 1.807) is 13.0 Å². The number of benzene rings is 2. The van der Waals surface area contributed by atoms with E-state index in [1.165, 1.54) is 36.7 Å². The Morgan fingerprint density at radius 3 is 2.00 bits per heavy atom. The standard InChI is InChI=1S/C20H15F3N4O2/c1-12-24-10-17(11-25-12)27-19(29)14-5-3-7-16(9-14)26-18(28)13-4-2-6-15(8-13)20(21,22)23/h2-11H,1H3,(H,26,28)(H,27,29). The molecule has 6 nitrogen and oxygen atoms in total. The van der Waals surface area contributed by atoms with E-state index in [2.05, 4.69) is 20.6 Å². The highest BCUT2D eigenvalue weighted by molar-refractivity contribution is 6.07. The molecule has 1 heterocycles. The molecule has 2 aromatic carbocycles. The van der Waals surface area contributed by atoms with Crippen LogP contribution in [0, 0.1) is 6.92 Å². The zero-order valence-electron chi connectivity index (χ0n) is 15.1. The second-order valence-corrected chi connectivity index (χ2v) is 6.09. The van der Waals surface area contributed by atoms with Crippen LogP contribution in [-0.2, 0) is 6.18 Å². The van der Waals surface area contributed by atoms with Crippen molar-refractivity contribution in [2.75, 3.05) is 10.6 Å². The summed E-state index contributed by atoms with van der Waals surface area (Å²) in [5, 5.41) is 5.11. The third-order valence-electron chi connectivity index (χ3n) is 3.87. The number of nitrogens with zero attached hydrogens (tertiary/aromatic N) is 2. The van der Waals surface area contributed by atoms with Crippen molar-refractivity contribution in [3.8, 4) is 0 Å². The number of nitrogens with one attached hydrogen (secondary N) is 2. The molecular weight excluding hydrogens is 385 g/mol. The molecule has 3 rings (SSSR count). The second-order valence-electron chi connectivity index (χ2n) is 6.09. The highest BCUT2D eigenvalue weighted by atomic mass is 19.4. The summed E-state index contributed by atoms with van der Waals surface area (Å²) in [5.74, 6) is -0.615. The van der Waals surface area contributed by atoms with E-state index in [9.17, 15) is 22.8 Å². The monoisotopic (exact) mass is 400 g/mol.